The Morgan fingerprint density at radius 1 is 0.974 bits per heavy atom. The summed E-state index contributed by atoms with van der Waals surface area (Å²) >= 11 is 0. The summed E-state index contributed by atoms with van der Waals surface area (Å²) in [6.07, 6.45) is 2.67. The molecular formula is C28H17N5O5. The van der Waals surface area contributed by atoms with Gasteiger partial charge in [-0.2, -0.15) is 9.78 Å². The first kappa shape index (κ1) is 22.8. The average Bonchev–Trinajstić information content (AvgIpc) is 3.38. The van der Waals surface area contributed by atoms with E-state index >= 15 is 0 Å². The zero-order valence-corrected chi connectivity index (χ0v) is 19.6. The monoisotopic (exact) mass is 503 g/mol. The minimum Gasteiger partial charge on any atom is -0.453 e. The number of benzene rings is 3. The summed E-state index contributed by atoms with van der Waals surface area (Å²) in [5.74, 6) is 1.41. The highest BCUT2D eigenvalue weighted by Crippen LogP contribution is 2.27. The summed E-state index contributed by atoms with van der Waals surface area (Å²) in [5.41, 5.74) is 1.47. The number of nitrogens with zero attached hydrogens (tertiary/aromatic N) is 5. The van der Waals surface area contributed by atoms with Gasteiger partial charge in [0.2, 0.25) is 11.7 Å². The SMILES string of the molecule is O=c1c2ccccc2nc(-c2cc3ccccc3o2)n1N=Cc1ccc(Oc2ccc([N+](=O)[O-])cn2)cc1. The Labute approximate surface area is 214 Å². The fourth-order valence-corrected chi connectivity index (χ4v) is 3.89. The Morgan fingerprint density at radius 3 is 2.53 bits per heavy atom. The number of rotatable bonds is 6. The van der Waals surface area contributed by atoms with E-state index in [1.165, 1.54) is 23.0 Å². The van der Waals surface area contributed by atoms with Gasteiger partial charge in [-0.05, 0) is 54.1 Å². The van der Waals surface area contributed by atoms with Crippen LogP contribution in [0.3, 0.4) is 0 Å². The van der Waals surface area contributed by atoms with Crippen molar-refractivity contribution in [3.8, 4) is 23.2 Å². The van der Waals surface area contributed by atoms with Gasteiger partial charge in [-0.1, -0.05) is 30.3 Å². The van der Waals surface area contributed by atoms with E-state index in [1.54, 1.807) is 42.5 Å². The Morgan fingerprint density at radius 2 is 1.76 bits per heavy atom. The lowest BCUT2D eigenvalue weighted by Gasteiger charge is -2.07. The minimum absolute atomic E-state index is 0.121. The Kier molecular flexibility index (Phi) is 5.66. The molecule has 0 saturated heterocycles. The average molecular weight is 503 g/mol. The minimum atomic E-state index is -0.527. The molecule has 10 nitrogen and oxygen atoms in total. The van der Waals surface area contributed by atoms with E-state index in [0.29, 0.717) is 33.6 Å². The van der Waals surface area contributed by atoms with E-state index in [0.717, 1.165) is 11.6 Å². The summed E-state index contributed by atoms with van der Waals surface area (Å²) in [6, 6.07) is 26.1. The van der Waals surface area contributed by atoms with Crippen LogP contribution in [0.1, 0.15) is 5.56 Å². The predicted octanol–water partition coefficient (Wildman–Crippen LogP) is 5.79. The summed E-state index contributed by atoms with van der Waals surface area (Å²) in [4.78, 5) is 32.3. The number of ether oxygens (including phenoxy) is 1. The molecule has 0 amide bonds. The number of hydrogen-bond acceptors (Lipinski definition) is 8. The van der Waals surface area contributed by atoms with Crippen molar-refractivity contribution in [2.24, 2.45) is 5.10 Å². The van der Waals surface area contributed by atoms with Crippen molar-refractivity contribution in [3.05, 3.63) is 123 Å². The highest BCUT2D eigenvalue weighted by Gasteiger charge is 2.16. The van der Waals surface area contributed by atoms with Gasteiger partial charge in [0.15, 0.2) is 5.76 Å². The summed E-state index contributed by atoms with van der Waals surface area (Å²) in [6.45, 7) is 0. The maximum Gasteiger partial charge on any atom is 0.287 e. The number of pyridine rings is 1. The highest BCUT2D eigenvalue weighted by atomic mass is 16.6. The van der Waals surface area contributed by atoms with Crippen molar-refractivity contribution in [1.29, 1.82) is 0 Å². The third kappa shape index (κ3) is 4.37. The van der Waals surface area contributed by atoms with Gasteiger partial charge in [0, 0.05) is 17.5 Å². The normalized spacial score (nSPS) is 11.4. The topological polar surface area (TPSA) is 126 Å². The molecule has 0 bridgehead atoms. The second kappa shape index (κ2) is 9.43. The first-order valence-corrected chi connectivity index (χ1v) is 11.5. The molecule has 38 heavy (non-hydrogen) atoms. The molecule has 0 fully saturated rings. The number of furan rings is 1. The molecule has 184 valence electrons. The van der Waals surface area contributed by atoms with Crippen LogP contribution in [-0.4, -0.2) is 25.8 Å². The van der Waals surface area contributed by atoms with Gasteiger partial charge < -0.3 is 9.15 Å². The third-order valence-electron chi connectivity index (χ3n) is 5.76. The molecule has 0 aliphatic rings. The van der Waals surface area contributed by atoms with Crippen LogP contribution < -0.4 is 10.3 Å². The molecule has 0 N–H and O–H groups in total. The largest absolute Gasteiger partial charge is 0.453 e. The molecule has 0 aliphatic heterocycles. The first-order valence-electron chi connectivity index (χ1n) is 11.5. The molecule has 3 aromatic carbocycles. The molecule has 3 aromatic heterocycles. The van der Waals surface area contributed by atoms with Crippen molar-refractivity contribution in [2.45, 2.75) is 0 Å². The predicted molar refractivity (Wildman–Crippen MR) is 142 cm³/mol. The van der Waals surface area contributed by atoms with Gasteiger partial charge in [-0.15, -0.1) is 0 Å². The molecule has 0 spiro atoms. The summed E-state index contributed by atoms with van der Waals surface area (Å²) in [7, 11) is 0. The van der Waals surface area contributed by atoms with Gasteiger partial charge in [-0.25, -0.2) is 9.97 Å². The van der Waals surface area contributed by atoms with Crippen LogP contribution in [0.2, 0.25) is 0 Å². The number of para-hydroxylation sites is 2. The lowest BCUT2D eigenvalue weighted by atomic mass is 10.2. The van der Waals surface area contributed by atoms with Crippen LogP contribution in [0.15, 0.2) is 112 Å². The molecule has 10 heteroatoms. The fraction of sp³-hybridized carbons (Fsp3) is 0. The number of aromatic nitrogens is 3. The number of nitro groups is 1. The Hall–Kier alpha value is -5.64. The summed E-state index contributed by atoms with van der Waals surface area (Å²) in [5, 5.41) is 16.6. The van der Waals surface area contributed by atoms with E-state index in [1.807, 2.05) is 36.4 Å². The van der Waals surface area contributed by atoms with E-state index in [-0.39, 0.29) is 23.0 Å². The third-order valence-corrected chi connectivity index (χ3v) is 5.76. The van der Waals surface area contributed by atoms with E-state index < -0.39 is 4.92 Å². The van der Waals surface area contributed by atoms with Crippen molar-refractivity contribution in [3.63, 3.8) is 0 Å². The maximum absolute atomic E-state index is 13.4. The van der Waals surface area contributed by atoms with E-state index in [4.69, 9.17) is 9.15 Å². The zero-order chi connectivity index (χ0) is 26.1. The maximum atomic E-state index is 13.4. The van der Waals surface area contributed by atoms with Crippen LogP contribution in [0.4, 0.5) is 5.69 Å². The first-order chi connectivity index (χ1) is 18.5. The second-order valence-electron chi connectivity index (χ2n) is 8.25. The Bertz CT molecular complexity index is 1860. The molecule has 0 unspecified atom stereocenters. The number of hydrogen-bond donors (Lipinski definition) is 0. The standard InChI is InChI=1S/C28H17N5O5/c34-28-22-6-2-3-7-23(22)31-27(25-15-19-5-1-4-8-24(19)38-25)32(28)30-16-18-9-12-21(13-10-18)37-26-14-11-20(17-29-26)33(35)36/h1-17H. The molecule has 0 saturated carbocycles. The van der Waals surface area contributed by atoms with Crippen LogP contribution in [0, 0.1) is 10.1 Å². The fourth-order valence-electron chi connectivity index (χ4n) is 3.89. The molecule has 0 aliphatic carbocycles. The van der Waals surface area contributed by atoms with E-state index in [9.17, 15) is 14.9 Å². The van der Waals surface area contributed by atoms with Crippen molar-refractivity contribution in [2.75, 3.05) is 0 Å². The molecule has 6 rings (SSSR count). The molecule has 3 heterocycles. The quantitative estimate of drug-likeness (QED) is 0.160. The lowest BCUT2D eigenvalue weighted by Crippen LogP contribution is -2.20. The van der Waals surface area contributed by atoms with E-state index in [2.05, 4.69) is 15.1 Å². The zero-order valence-electron chi connectivity index (χ0n) is 19.6. The van der Waals surface area contributed by atoms with Gasteiger partial charge in [-0.3, -0.25) is 14.9 Å². The molecule has 6 aromatic rings. The second-order valence-corrected chi connectivity index (χ2v) is 8.25. The van der Waals surface area contributed by atoms with Gasteiger partial charge in [0.05, 0.1) is 22.0 Å². The van der Waals surface area contributed by atoms with Crippen molar-refractivity contribution in [1.82, 2.24) is 14.6 Å². The van der Waals surface area contributed by atoms with Crippen LogP contribution >= 0.6 is 0 Å². The van der Waals surface area contributed by atoms with Gasteiger partial charge in [0.1, 0.15) is 17.5 Å². The van der Waals surface area contributed by atoms with Gasteiger partial charge >= 0.3 is 0 Å². The van der Waals surface area contributed by atoms with Crippen LogP contribution in [0.5, 0.6) is 11.6 Å². The van der Waals surface area contributed by atoms with Crippen LogP contribution in [-0.2, 0) is 0 Å². The molecule has 0 atom stereocenters. The molecular weight excluding hydrogens is 486 g/mol. The number of fused-ring (bicyclic) bond motifs is 2. The van der Waals surface area contributed by atoms with Crippen molar-refractivity contribution < 1.29 is 14.1 Å². The van der Waals surface area contributed by atoms with Crippen LogP contribution in [0.25, 0.3) is 33.5 Å². The summed E-state index contributed by atoms with van der Waals surface area (Å²) < 4.78 is 12.9. The molecule has 0 radical (unpaired) electrons. The Balaban J connectivity index is 1.33. The highest BCUT2D eigenvalue weighted by molar-refractivity contribution is 5.84. The van der Waals surface area contributed by atoms with Crippen molar-refractivity contribution >= 4 is 33.8 Å². The smallest absolute Gasteiger partial charge is 0.287 e. The lowest BCUT2D eigenvalue weighted by molar-refractivity contribution is -0.385. The van der Waals surface area contributed by atoms with Gasteiger partial charge in [0.25, 0.3) is 11.2 Å².